The van der Waals surface area contributed by atoms with Gasteiger partial charge < -0.3 is 21.1 Å². The molecule has 4 N–H and O–H groups in total. The molecule has 3 amide bonds. The monoisotopic (exact) mass is 449 g/mol. The number of carboxylic acid groups (broad SMARTS) is 1. The van der Waals surface area contributed by atoms with Gasteiger partial charge in [0.2, 0.25) is 18.2 Å². The van der Waals surface area contributed by atoms with E-state index in [0.29, 0.717) is 25.0 Å². The summed E-state index contributed by atoms with van der Waals surface area (Å²) in [6.07, 6.45) is 3.43. The van der Waals surface area contributed by atoms with Gasteiger partial charge in [0.15, 0.2) is 0 Å². The Labute approximate surface area is 186 Å². The second kappa shape index (κ2) is 11.2. The molecule has 0 spiro atoms. The molecule has 0 aliphatic heterocycles. The average molecular weight is 450 g/mol. The Kier molecular flexibility index (Phi) is 8.91. The molecule has 1 aromatic rings. The van der Waals surface area contributed by atoms with E-state index in [-0.39, 0.29) is 18.3 Å². The van der Waals surface area contributed by atoms with E-state index in [1.165, 1.54) is 0 Å². The fraction of sp³-hybridized carbons (Fsp3) is 0.545. The summed E-state index contributed by atoms with van der Waals surface area (Å²) < 4.78 is 0. The molecule has 0 saturated heterocycles. The highest BCUT2D eigenvalue weighted by atomic mass is 32.2. The van der Waals surface area contributed by atoms with E-state index in [9.17, 15) is 24.3 Å². The summed E-state index contributed by atoms with van der Waals surface area (Å²) in [5, 5.41) is 17.5. The molecular weight excluding hydrogens is 418 g/mol. The van der Waals surface area contributed by atoms with Crippen molar-refractivity contribution in [3.05, 3.63) is 35.9 Å². The molecule has 0 aromatic heterocycles. The van der Waals surface area contributed by atoms with Gasteiger partial charge in [-0.25, -0.2) is 4.79 Å². The predicted octanol–water partition coefficient (Wildman–Crippen LogP) is 1.20. The lowest BCUT2D eigenvalue weighted by atomic mass is 10.0. The summed E-state index contributed by atoms with van der Waals surface area (Å²) in [5.41, 5.74) is -0.220. The second-order valence-electron chi connectivity index (χ2n) is 8.33. The van der Waals surface area contributed by atoms with Crippen LogP contribution in [0, 0.1) is 11.8 Å². The number of nitrogens with one attached hydrogen (secondary N) is 3. The summed E-state index contributed by atoms with van der Waals surface area (Å²) in [7, 11) is 0. The van der Waals surface area contributed by atoms with E-state index in [2.05, 4.69) is 16.0 Å². The highest BCUT2D eigenvalue weighted by Gasteiger charge is 2.60. The van der Waals surface area contributed by atoms with Crippen LogP contribution in [0.3, 0.4) is 0 Å². The first kappa shape index (κ1) is 24.7. The normalized spacial score (nSPS) is 21.6. The summed E-state index contributed by atoms with van der Waals surface area (Å²) >= 11 is 1.59. The molecule has 1 aliphatic carbocycles. The zero-order valence-electron chi connectivity index (χ0n) is 18.1. The van der Waals surface area contributed by atoms with Gasteiger partial charge in [-0.3, -0.25) is 14.4 Å². The van der Waals surface area contributed by atoms with Crippen molar-refractivity contribution in [2.24, 2.45) is 11.8 Å². The van der Waals surface area contributed by atoms with E-state index in [1.807, 2.05) is 26.2 Å². The maximum Gasteiger partial charge on any atom is 0.326 e. The topological polar surface area (TPSA) is 125 Å². The molecule has 1 aromatic carbocycles. The van der Waals surface area contributed by atoms with Crippen molar-refractivity contribution < 1.29 is 24.3 Å². The number of thioether (sulfide) groups is 1. The Morgan fingerprint density at radius 2 is 1.87 bits per heavy atom. The second-order valence-corrected chi connectivity index (χ2v) is 9.25. The third kappa shape index (κ3) is 6.72. The molecule has 8 nitrogen and oxygen atoms in total. The molecule has 3 unspecified atom stereocenters. The first-order valence-electron chi connectivity index (χ1n) is 10.3. The van der Waals surface area contributed by atoms with E-state index >= 15 is 0 Å². The standard InChI is InChI=1S/C22H31N3O5S/c1-14(2)9-17(25-21(30)22(23-13-26)11-16(22)12-31-3)19(27)24-18(20(28)29)10-15-7-5-4-6-8-15/h4-8,13-14,16-18H,9-12H2,1-3H3,(H,23,26)(H,24,27)(H,25,30)(H,28,29)/t16?,17-,18?,22?/m0/s1. The van der Waals surface area contributed by atoms with Crippen LogP contribution in [0.2, 0.25) is 0 Å². The zero-order valence-corrected chi connectivity index (χ0v) is 18.9. The third-order valence-corrected chi connectivity index (χ3v) is 6.16. The maximum absolute atomic E-state index is 13.0. The van der Waals surface area contributed by atoms with Crippen molar-refractivity contribution in [3.8, 4) is 0 Å². The van der Waals surface area contributed by atoms with Gasteiger partial charge in [-0.05, 0) is 36.3 Å². The minimum absolute atomic E-state index is 0.000287. The molecule has 170 valence electrons. The number of rotatable bonds is 13. The predicted molar refractivity (Wildman–Crippen MR) is 120 cm³/mol. The Balaban J connectivity index is 2.11. The first-order valence-corrected chi connectivity index (χ1v) is 11.7. The van der Waals surface area contributed by atoms with Crippen molar-refractivity contribution in [3.63, 3.8) is 0 Å². The Hall–Kier alpha value is -2.55. The van der Waals surface area contributed by atoms with Crippen LogP contribution in [0.5, 0.6) is 0 Å². The number of hydrogen-bond donors (Lipinski definition) is 4. The number of carbonyl (C=O) groups is 4. The number of amides is 3. The molecule has 0 bridgehead atoms. The van der Waals surface area contributed by atoms with E-state index in [0.717, 1.165) is 5.56 Å². The minimum Gasteiger partial charge on any atom is -0.480 e. The summed E-state index contributed by atoms with van der Waals surface area (Å²) in [6.45, 7) is 3.83. The quantitative estimate of drug-likeness (QED) is 0.336. The fourth-order valence-electron chi connectivity index (χ4n) is 3.67. The van der Waals surface area contributed by atoms with E-state index < -0.39 is 35.4 Å². The molecule has 2 rings (SSSR count). The average Bonchev–Trinajstić information content (AvgIpc) is 3.41. The molecule has 9 heteroatoms. The van der Waals surface area contributed by atoms with Crippen LogP contribution in [0.4, 0.5) is 0 Å². The molecule has 31 heavy (non-hydrogen) atoms. The van der Waals surface area contributed by atoms with Crippen LogP contribution in [-0.4, -0.2) is 58.9 Å². The number of hydrogen-bond acceptors (Lipinski definition) is 5. The summed E-state index contributed by atoms with van der Waals surface area (Å²) in [6, 6.07) is 7.01. The van der Waals surface area contributed by atoms with Gasteiger partial charge in [0.1, 0.15) is 17.6 Å². The highest BCUT2D eigenvalue weighted by Crippen LogP contribution is 2.45. The van der Waals surface area contributed by atoms with Crippen molar-refractivity contribution in [1.29, 1.82) is 0 Å². The van der Waals surface area contributed by atoms with Crippen LogP contribution in [0.25, 0.3) is 0 Å². The Morgan fingerprint density at radius 1 is 1.19 bits per heavy atom. The number of benzene rings is 1. The van der Waals surface area contributed by atoms with E-state index in [1.54, 1.807) is 36.0 Å². The van der Waals surface area contributed by atoms with Gasteiger partial charge >= 0.3 is 5.97 Å². The van der Waals surface area contributed by atoms with Crippen LogP contribution in [0.15, 0.2) is 30.3 Å². The lowest BCUT2D eigenvalue weighted by molar-refractivity contribution is -0.142. The molecule has 1 fully saturated rings. The molecule has 1 saturated carbocycles. The van der Waals surface area contributed by atoms with Gasteiger partial charge in [-0.2, -0.15) is 11.8 Å². The van der Waals surface area contributed by atoms with Gasteiger partial charge in [-0.1, -0.05) is 44.2 Å². The smallest absolute Gasteiger partial charge is 0.326 e. The summed E-state index contributed by atoms with van der Waals surface area (Å²) in [5.74, 6) is -1.30. The van der Waals surface area contributed by atoms with Crippen molar-refractivity contribution in [1.82, 2.24) is 16.0 Å². The van der Waals surface area contributed by atoms with Gasteiger partial charge in [0, 0.05) is 12.3 Å². The highest BCUT2D eigenvalue weighted by molar-refractivity contribution is 7.98. The van der Waals surface area contributed by atoms with Crippen LogP contribution in [0.1, 0.15) is 32.3 Å². The van der Waals surface area contributed by atoms with Crippen LogP contribution in [-0.2, 0) is 25.6 Å². The SMILES string of the molecule is CSCC1CC1(NC=O)C(=O)N[C@@H](CC(C)C)C(=O)NC(Cc1ccccc1)C(=O)O. The molecular formula is C22H31N3O5S. The molecule has 4 atom stereocenters. The van der Waals surface area contributed by atoms with Gasteiger partial charge in [-0.15, -0.1) is 0 Å². The van der Waals surface area contributed by atoms with Crippen molar-refractivity contribution in [2.45, 2.75) is 50.7 Å². The van der Waals surface area contributed by atoms with Crippen molar-refractivity contribution in [2.75, 3.05) is 12.0 Å². The zero-order chi connectivity index (χ0) is 23.0. The van der Waals surface area contributed by atoms with Crippen molar-refractivity contribution >= 4 is 36.0 Å². The third-order valence-electron chi connectivity index (χ3n) is 5.42. The minimum atomic E-state index is -1.15. The molecule has 1 aliphatic rings. The van der Waals surface area contributed by atoms with Crippen LogP contribution >= 0.6 is 11.8 Å². The fourth-order valence-corrected chi connectivity index (χ4v) is 4.47. The Morgan fingerprint density at radius 3 is 2.42 bits per heavy atom. The maximum atomic E-state index is 13.0. The van der Waals surface area contributed by atoms with Gasteiger partial charge in [0.25, 0.3) is 0 Å². The molecule has 0 radical (unpaired) electrons. The summed E-state index contributed by atoms with van der Waals surface area (Å²) in [4.78, 5) is 48.7. The van der Waals surface area contributed by atoms with Crippen LogP contribution < -0.4 is 16.0 Å². The molecule has 0 heterocycles. The lowest BCUT2D eigenvalue weighted by Gasteiger charge is -2.25. The largest absolute Gasteiger partial charge is 0.480 e. The number of carbonyl (C=O) groups excluding carboxylic acids is 3. The van der Waals surface area contributed by atoms with E-state index in [4.69, 9.17) is 0 Å². The first-order chi connectivity index (χ1) is 14.7. The Bertz CT molecular complexity index is 789. The number of aliphatic carboxylic acids is 1. The van der Waals surface area contributed by atoms with Gasteiger partial charge in [0.05, 0.1) is 0 Å². The lowest BCUT2D eigenvalue weighted by Crippen LogP contribution is -2.57. The number of carboxylic acids is 1.